The van der Waals surface area contributed by atoms with Crippen molar-refractivity contribution in [2.45, 2.75) is 58.7 Å². The van der Waals surface area contributed by atoms with Crippen LogP contribution in [0.4, 0.5) is 15.0 Å². The Kier molecular flexibility index (Phi) is 8.12. The summed E-state index contributed by atoms with van der Waals surface area (Å²) in [5.74, 6) is -1.63. The van der Waals surface area contributed by atoms with Crippen LogP contribution in [0.2, 0.25) is 0 Å². The lowest BCUT2D eigenvalue weighted by Gasteiger charge is -2.34. The van der Waals surface area contributed by atoms with Crippen LogP contribution in [0.3, 0.4) is 0 Å². The van der Waals surface area contributed by atoms with E-state index in [0.29, 0.717) is 35.4 Å². The number of hydrogen-bond acceptors (Lipinski definition) is 8. The van der Waals surface area contributed by atoms with Crippen LogP contribution in [0.15, 0.2) is 54.9 Å². The van der Waals surface area contributed by atoms with Gasteiger partial charge < -0.3 is 15.4 Å². The lowest BCUT2D eigenvalue weighted by molar-refractivity contribution is -0.126. The Morgan fingerprint density at radius 2 is 1.81 bits per heavy atom. The highest BCUT2D eigenvalue weighted by molar-refractivity contribution is 6.04. The van der Waals surface area contributed by atoms with Gasteiger partial charge in [0.2, 0.25) is 5.91 Å². The average molecular weight is 588 g/mol. The third-order valence-corrected chi connectivity index (χ3v) is 7.21. The Morgan fingerprint density at radius 1 is 1.09 bits per heavy atom. The van der Waals surface area contributed by atoms with Crippen molar-refractivity contribution in [1.82, 2.24) is 29.5 Å². The van der Waals surface area contributed by atoms with Crippen molar-refractivity contribution in [1.29, 1.82) is 0 Å². The third-order valence-electron chi connectivity index (χ3n) is 7.21. The number of nitrogen functional groups attached to an aromatic ring is 1. The molecule has 1 atom stereocenters. The van der Waals surface area contributed by atoms with E-state index in [4.69, 9.17) is 15.6 Å². The molecular weight excluding hydrogens is 553 g/mol. The Bertz CT molecular complexity index is 1680. The quantitative estimate of drug-likeness (QED) is 0.345. The molecule has 1 aliphatic heterocycles. The molecule has 0 spiro atoms. The lowest BCUT2D eigenvalue weighted by Crippen LogP contribution is -2.43. The predicted octanol–water partition coefficient (Wildman–Crippen LogP) is 4.98. The first-order chi connectivity index (χ1) is 20.4. The Hall–Kier alpha value is -4.87. The SMILES string of the molecule is CC(=O)N(Cc1ccc(-c2nn([C@@H]3CCCN(C(=O)OC(C)(C)C)C3)c3ncnc(N)c23)cc1)C(=O)c1ccccc1F. The maximum Gasteiger partial charge on any atom is 0.410 e. The number of fused-ring (bicyclic) bond motifs is 1. The van der Waals surface area contributed by atoms with Crippen molar-refractivity contribution in [3.05, 3.63) is 71.8 Å². The van der Waals surface area contributed by atoms with E-state index in [1.54, 1.807) is 27.8 Å². The summed E-state index contributed by atoms with van der Waals surface area (Å²) in [4.78, 5) is 49.5. The highest BCUT2D eigenvalue weighted by atomic mass is 19.1. The molecule has 1 fully saturated rings. The zero-order valence-corrected chi connectivity index (χ0v) is 24.6. The molecular formula is C31H34FN7O4. The van der Waals surface area contributed by atoms with Crippen LogP contribution in [0.25, 0.3) is 22.3 Å². The number of benzene rings is 2. The smallest absolute Gasteiger partial charge is 0.410 e. The number of carbonyl (C=O) groups is 3. The number of halogens is 1. The monoisotopic (exact) mass is 587 g/mol. The summed E-state index contributed by atoms with van der Waals surface area (Å²) in [5, 5.41) is 5.49. The van der Waals surface area contributed by atoms with Crippen molar-refractivity contribution >= 4 is 34.8 Å². The van der Waals surface area contributed by atoms with Gasteiger partial charge in [0.15, 0.2) is 5.65 Å². The van der Waals surface area contributed by atoms with Gasteiger partial charge >= 0.3 is 6.09 Å². The van der Waals surface area contributed by atoms with Crippen molar-refractivity contribution in [2.24, 2.45) is 0 Å². The van der Waals surface area contributed by atoms with E-state index in [0.717, 1.165) is 23.3 Å². The molecule has 11 nitrogen and oxygen atoms in total. The van der Waals surface area contributed by atoms with Gasteiger partial charge in [0.25, 0.3) is 5.91 Å². The molecule has 0 bridgehead atoms. The van der Waals surface area contributed by atoms with Crippen molar-refractivity contribution in [3.8, 4) is 11.3 Å². The number of hydrogen-bond donors (Lipinski definition) is 1. The fourth-order valence-corrected chi connectivity index (χ4v) is 5.16. The minimum Gasteiger partial charge on any atom is -0.444 e. The molecule has 5 rings (SSSR count). The maximum absolute atomic E-state index is 14.3. The molecule has 0 aliphatic carbocycles. The maximum atomic E-state index is 14.3. The van der Waals surface area contributed by atoms with Crippen LogP contribution >= 0.6 is 0 Å². The van der Waals surface area contributed by atoms with E-state index in [2.05, 4.69) is 9.97 Å². The lowest BCUT2D eigenvalue weighted by atomic mass is 10.1. The van der Waals surface area contributed by atoms with Gasteiger partial charge in [0.1, 0.15) is 29.3 Å². The molecule has 0 unspecified atom stereocenters. The van der Waals surface area contributed by atoms with Crippen LogP contribution in [0.1, 0.15) is 62.5 Å². The van der Waals surface area contributed by atoms with Crippen molar-refractivity contribution in [2.75, 3.05) is 18.8 Å². The molecule has 224 valence electrons. The van der Waals surface area contributed by atoms with Crippen molar-refractivity contribution in [3.63, 3.8) is 0 Å². The standard InChI is InChI=1S/C31H34FN7O4/c1-19(40)38(29(41)23-9-5-6-10-24(23)32)16-20-11-13-21(14-12-20)26-25-27(33)34-18-35-28(25)39(36-26)22-8-7-15-37(17-22)30(42)43-31(2,3)4/h5-6,9-14,18,22H,7-8,15-17H2,1-4H3,(H2,33,34,35)/t22-/m1/s1. The normalized spacial score (nSPS) is 15.4. The fraction of sp³-hybridized carbons (Fsp3) is 0.355. The predicted molar refractivity (Wildman–Crippen MR) is 158 cm³/mol. The van der Waals surface area contributed by atoms with Gasteiger partial charge in [-0.1, -0.05) is 36.4 Å². The summed E-state index contributed by atoms with van der Waals surface area (Å²) in [5.41, 5.74) is 8.05. The zero-order valence-electron chi connectivity index (χ0n) is 24.6. The van der Waals surface area contributed by atoms with E-state index >= 15 is 0 Å². The van der Waals surface area contributed by atoms with Crippen LogP contribution in [-0.2, 0) is 16.1 Å². The largest absolute Gasteiger partial charge is 0.444 e. The Morgan fingerprint density at radius 3 is 2.49 bits per heavy atom. The molecule has 0 saturated carbocycles. The van der Waals surface area contributed by atoms with Crippen molar-refractivity contribution < 1.29 is 23.5 Å². The van der Waals surface area contributed by atoms with Gasteiger partial charge in [-0.15, -0.1) is 0 Å². The number of amides is 3. The average Bonchev–Trinajstić information content (AvgIpc) is 3.36. The van der Waals surface area contributed by atoms with Crippen LogP contribution in [0.5, 0.6) is 0 Å². The second-order valence-electron chi connectivity index (χ2n) is 11.6. The molecule has 43 heavy (non-hydrogen) atoms. The number of carbonyl (C=O) groups excluding carboxylic acids is 3. The number of imide groups is 1. The molecule has 4 aromatic rings. The van der Waals surface area contributed by atoms with Gasteiger partial charge in [0.05, 0.1) is 23.5 Å². The fourth-order valence-electron chi connectivity index (χ4n) is 5.16. The summed E-state index contributed by atoms with van der Waals surface area (Å²) in [6.45, 7) is 7.74. The zero-order chi connectivity index (χ0) is 30.9. The second-order valence-corrected chi connectivity index (χ2v) is 11.6. The van der Waals surface area contributed by atoms with E-state index < -0.39 is 23.2 Å². The van der Waals surface area contributed by atoms with Gasteiger partial charge in [-0.25, -0.2) is 23.8 Å². The van der Waals surface area contributed by atoms with Gasteiger partial charge in [-0.2, -0.15) is 5.10 Å². The number of aromatic nitrogens is 4. The summed E-state index contributed by atoms with van der Waals surface area (Å²) in [6, 6.07) is 12.6. The summed E-state index contributed by atoms with van der Waals surface area (Å²) in [7, 11) is 0. The number of likely N-dealkylation sites (tertiary alicyclic amines) is 1. The first-order valence-electron chi connectivity index (χ1n) is 14.1. The summed E-state index contributed by atoms with van der Waals surface area (Å²) >= 11 is 0. The number of rotatable bonds is 5. The number of nitrogens with zero attached hydrogens (tertiary/aromatic N) is 6. The second kappa shape index (κ2) is 11.8. The summed E-state index contributed by atoms with van der Waals surface area (Å²) < 4.78 is 21.6. The summed E-state index contributed by atoms with van der Waals surface area (Å²) in [6.07, 6.45) is 2.58. The molecule has 2 aromatic carbocycles. The van der Waals surface area contributed by atoms with Gasteiger partial charge in [-0.05, 0) is 51.3 Å². The molecule has 1 aliphatic rings. The highest BCUT2D eigenvalue weighted by Crippen LogP contribution is 2.34. The van der Waals surface area contributed by atoms with Crippen LogP contribution in [-0.4, -0.2) is 66.1 Å². The molecule has 3 amide bonds. The molecule has 1 saturated heterocycles. The van der Waals surface area contributed by atoms with E-state index in [1.807, 2.05) is 32.9 Å². The minimum atomic E-state index is -0.711. The Balaban J connectivity index is 1.42. The Labute approximate surface area is 248 Å². The molecule has 2 N–H and O–H groups in total. The number of piperidine rings is 1. The molecule has 12 heteroatoms. The first-order valence-corrected chi connectivity index (χ1v) is 14.1. The first kappa shape index (κ1) is 29.6. The van der Waals surface area contributed by atoms with E-state index in [1.165, 1.54) is 31.5 Å². The van der Waals surface area contributed by atoms with E-state index in [-0.39, 0.29) is 30.1 Å². The molecule has 0 radical (unpaired) electrons. The highest BCUT2D eigenvalue weighted by Gasteiger charge is 2.31. The van der Waals surface area contributed by atoms with E-state index in [9.17, 15) is 18.8 Å². The van der Waals surface area contributed by atoms with Crippen LogP contribution < -0.4 is 5.73 Å². The molecule has 3 heterocycles. The topological polar surface area (TPSA) is 137 Å². The molecule has 2 aromatic heterocycles. The number of nitrogens with two attached hydrogens (primary N) is 1. The minimum absolute atomic E-state index is 0.0359. The number of anilines is 1. The van der Waals surface area contributed by atoms with Gasteiger partial charge in [0, 0.05) is 25.6 Å². The van der Waals surface area contributed by atoms with Gasteiger partial charge in [-0.3, -0.25) is 14.5 Å². The third kappa shape index (κ3) is 6.32. The van der Waals surface area contributed by atoms with Crippen LogP contribution in [0, 0.1) is 5.82 Å². The number of ether oxygens (including phenoxy) is 1.